The first kappa shape index (κ1) is 36.3. The molecular weight excluding hydrogens is 629 g/mol. The van der Waals surface area contributed by atoms with Crippen LogP contribution in [0.2, 0.25) is 0 Å². The summed E-state index contributed by atoms with van der Waals surface area (Å²) in [6.07, 6.45) is 5.08. The van der Waals surface area contributed by atoms with Gasteiger partial charge in [-0.3, -0.25) is 19.6 Å². The van der Waals surface area contributed by atoms with Crippen molar-refractivity contribution in [2.45, 2.75) is 95.6 Å². The van der Waals surface area contributed by atoms with Crippen LogP contribution in [0.3, 0.4) is 0 Å². The molecule has 0 radical (unpaired) electrons. The summed E-state index contributed by atoms with van der Waals surface area (Å²) in [6.45, 7) is 10.7. The smallest absolute Gasteiger partial charge is 0.416 e. The van der Waals surface area contributed by atoms with Gasteiger partial charge in [0.25, 0.3) is 0 Å². The maximum Gasteiger partial charge on any atom is 0.416 e. The molecule has 2 aromatic carbocycles. The number of benzene rings is 2. The second-order valence-electron chi connectivity index (χ2n) is 15.0. The number of hydrogen-bond acceptors (Lipinski definition) is 7. The van der Waals surface area contributed by atoms with E-state index in [4.69, 9.17) is 14.2 Å². The molecule has 2 saturated carbocycles. The number of hydrogen-bond donors (Lipinski definition) is 0. The quantitative estimate of drug-likeness (QED) is 0.261. The minimum Gasteiger partial charge on any atom is -0.496 e. The van der Waals surface area contributed by atoms with Crippen molar-refractivity contribution in [2.75, 3.05) is 73.7 Å². The summed E-state index contributed by atoms with van der Waals surface area (Å²) >= 11 is 0. The molecule has 4 aliphatic rings. The lowest BCUT2D eigenvalue weighted by molar-refractivity contribution is -0.138. The summed E-state index contributed by atoms with van der Waals surface area (Å²) in [6, 6.07) is 10.2. The van der Waals surface area contributed by atoms with Crippen LogP contribution in [0.15, 0.2) is 30.3 Å². The molecule has 0 bridgehead atoms. The van der Waals surface area contributed by atoms with Gasteiger partial charge in [0.05, 0.1) is 26.9 Å². The zero-order valence-electron chi connectivity index (χ0n) is 30.1. The van der Waals surface area contributed by atoms with E-state index < -0.39 is 11.7 Å². The highest BCUT2D eigenvalue weighted by atomic mass is 19.4. The van der Waals surface area contributed by atoms with Crippen LogP contribution < -0.4 is 14.2 Å². The maximum absolute atomic E-state index is 14.6. The molecule has 2 aromatic rings. The highest BCUT2D eigenvalue weighted by Gasteiger charge is 2.37. The summed E-state index contributed by atoms with van der Waals surface area (Å²) in [5.41, 5.74) is 1.90. The Balaban J connectivity index is 1.07. The Morgan fingerprint density at radius 3 is 1.80 bits per heavy atom. The van der Waals surface area contributed by atoms with Gasteiger partial charge in [0.15, 0.2) is 11.5 Å². The van der Waals surface area contributed by atoms with Crippen molar-refractivity contribution in [3.8, 4) is 17.2 Å². The van der Waals surface area contributed by atoms with Gasteiger partial charge >= 0.3 is 6.18 Å². The third-order valence-corrected chi connectivity index (χ3v) is 11.8. The van der Waals surface area contributed by atoms with Crippen molar-refractivity contribution in [3.63, 3.8) is 0 Å². The molecule has 10 heteroatoms. The van der Waals surface area contributed by atoms with Gasteiger partial charge < -0.3 is 14.2 Å². The third-order valence-electron chi connectivity index (χ3n) is 11.8. The summed E-state index contributed by atoms with van der Waals surface area (Å²) in [7, 11) is 4.94. The fraction of sp³-hybridized carbons (Fsp3) is 0.692. The zero-order valence-corrected chi connectivity index (χ0v) is 30.1. The normalized spacial score (nSPS) is 25.7. The predicted octanol–water partition coefficient (Wildman–Crippen LogP) is 7.27. The Hall–Kier alpha value is -2.53. The van der Waals surface area contributed by atoms with E-state index in [2.05, 4.69) is 26.5 Å². The van der Waals surface area contributed by atoms with Gasteiger partial charge in [-0.15, -0.1) is 0 Å². The van der Waals surface area contributed by atoms with Crippen molar-refractivity contribution in [2.24, 2.45) is 5.92 Å². The van der Waals surface area contributed by atoms with Crippen molar-refractivity contribution >= 4 is 0 Å². The number of halogens is 3. The molecule has 272 valence electrons. The molecule has 6 rings (SSSR count). The fourth-order valence-electron chi connectivity index (χ4n) is 9.10. The molecule has 3 unspecified atom stereocenters. The lowest BCUT2D eigenvalue weighted by atomic mass is 9.75. The number of ether oxygens (including phenoxy) is 3. The molecule has 4 fully saturated rings. The number of nitrogens with zero attached hydrogens (tertiary/aromatic N) is 4. The standard InChI is InChI=1S/C39H57F3N4O3/c1-28-20-31(22-34(21-28)46-18-14-44(15-19-46)27-32-24-37(48-3)38(49-4)25-36(32)47-2)29-10-11-30(35(23-29)39(40,41)42)26-43-12-16-45(17-13-43)33-8-6-5-7-9-33/h10-11,23-25,28,31,33-34H,5-9,12-22,26-27H2,1-4H3. The van der Waals surface area contributed by atoms with Crippen LogP contribution in [0, 0.1) is 5.92 Å². The summed E-state index contributed by atoms with van der Waals surface area (Å²) in [4.78, 5) is 9.83. The largest absolute Gasteiger partial charge is 0.496 e. The summed E-state index contributed by atoms with van der Waals surface area (Å²) in [5, 5.41) is 0. The lowest BCUT2D eigenvalue weighted by Crippen LogP contribution is -2.51. The first-order chi connectivity index (χ1) is 23.6. The molecule has 2 aliphatic heterocycles. The molecule has 2 aliphatic carbocycles. The average Bonchev–Trinajstić information content (AvgIpc) is 3.12. The molecule has 49 heavy (non-hydrogen) atoms. The highest BCUT2D eigenvalue weighted by Crippen LogP contribution is 2.42. The second-order valence-corrected chi connectivity index (χ2v) is 15.0. The first-order valence-corrected chi connectivity index (χ1v) is 18.6. The minimum absolute atomic E-state index is 0.136. The minimum atomic E-state index is -4.36. The van der Waals surface area contributed by atoms with E-state index in [0.29, 0.717) is 41.6 Å². The van der Waals surface area contributed by atoms with Gasteiger partial charge in [0.1, 0.15) is 5.75 Å². The average molecular weight is 687 g/mol. The van der Waals surface area contributed by atoms with E-state index in [-0.39, 0.29) is 5.92 Å². The first-order valence-electron chi connectivity index (χ1n) is 18.6. The van der Waals surface area contributed by atoms with Crippen molar-refractivity contribution in [1.82, 2.24) is 19.6 Å². The van der Waals surface area contributed by atoms with Crippen molar-refractivity contribution in [1.29, 1.82) is 0 Å². The van der Waals surface area contributed by atoms with E-state index in [1.165, 1.54) is 38.2 Å². The van der Waals surface area contributed by atoms with Crippen LogP contribution in [0.25, 0.3) is 0 Å². The zero-order chi connectivity index (χ0) is 34.5. The molecule has 0 amide bonds. The second kappa shape index (κ2) is 16.2. The van der Waals surface area contributed by atoms with E-state index in [9.17, 15) is 13.2 Å². The van der Waals surface area contributed by atoms with Crippen LogP contribution in [-0.4, -0.2) is 105 Å². The Labute approximate surface area is 291 Å². The number of piperazine rings is 2. The summed E-state index contributed by atoms with van der Waals surface area (Å²) < 4.78 is 60.3. The Morgan fingerprint density at radius 2 is 1.20 bits per heavy atom. The topological polar surface area (TPSA) is 40.7 Å². The Kier molecular flexibility index (Phi) is 12.0. The van der Waals surface area contributed by atoms with Gasteiger partial charge in [-0.05, 0) is 67.2 Å². The molecule has 0 aromatic heterocycles. The monoisotopic (exact) mass is 686 g/mol. The maximum atomic E-state index is 14.6. The van der Waals surface area contributed by atoms with Gasteiger partial charge in [-0.1, -0.05) is 38.3 Å². The Morgan fingerprint density at radius 1 is 0.633 bits per heavy atom. The van der Waals surface area contributed by atoms with Gasteiger partial charge in [-0.25, -0.2) is 0 Å². The van der Waals surface area contributed by atoms with Crippen LogP contribution in [-0.2, 0) is 19.3 Å². The number of rotatable bonds is 10. The molecule has 7 nitrogen and oxygen atoms in total. The van der Waals surface area contributed by atoms with Crippen molar-refractivity contribution in [3.05, 3.63) is 52.6 Å². The van der Waals surface area contributed by atoms with Gasteiger partial charge in [0.2, 0.25) is 0 Å². The third kappa shape index (κ3) is 8.86. The predicted molar refractivity (Wildman–Crippen MR) is 188 cm³/mol. The van der Waals surface area contributed by atoms with E-state index in [1.807, 2.05) is 18.2 Å². The van der Waals surface area contributed by atoms with E-state index in [1.54, 1.807) is 27.4 Å². The molecule has 0 spiro atoms. The molecule has 0 N–H and O–H groups in total. The van der Waals surface area contributed by atoms with E-state index in [0.717, 1.165) is 95.0 Å². The lowest BCUT2D eigenvalue weighted by Gasteiger charge is -2.44. The van der Waals surface area contributed by atoms with Crippen LogP contribution in [0.1, 0.15) is 86.5 Å². The number of alkyl halides is 3. The molecule has 2 saturated heterocycles. The SMILES string of the molecule is COc1cc(OC)c(OC)cc1CN1CCN(C2CC(C)CC(c3ccc(CN4CCN(C5CCCCC5)CC4)c(C(F)(F)F)c3)C2)CC1. The van der Waals surface area contributed by atoms with Gasteiger partial charge in [0, 0.05) is 89.2 Å². The highest BCUT2D eigenvalue weighted by molar-refractivity contribution is 5.50. The molecule has 3 atom stereocenters. The summed E-state index contributed by atoms with van der Waals surface area (Å²) in [5.74, 6) is 2.72. The fourth-order valence-corrected chi connectivity index (χ4v) is 9.10. The van der Waals surface area contributed by atoms with Crippen LogP contribution in [0.5, 0.6) is 17.2 Å². The van der Waals surface area contributed by atoms with Crippen LogP contribution >= 0.6 is 0 Å². The Bertz CT molecular complexity index is 1370. The molecular formula is C39H57F3N4O3. The van der Waals surface area contributed by atoms with Gasteiger partial charge in [-0.2, -0.15) is 13.2 Å². The van der Waals surface area contributed by atoms with Crippen LogP contribution in [0.4, 0.5) is 13.2 Å². The number of methoxy groups -OCH3 is 3. The van der Waals surface area contributed by atoms with E-state index >= 15 is 0 Å². The van der Waals surface area contributed by atoms with Crippen molar-refractivity contribution < 1.29 is 27.4 Å². The molecule has 2 heterocycles.